The molecule has 0 aromatic carbocycles. The van der Waals surface area contributed by atoms with E-state index in [2.05, 4.69) is 17.2 Å². The van der Waals surface area contributed by atoms with Gasteiger partial charge in [0.25, 0.3) is 0 Å². The molecular formula is C12H23N3O2. The van der Waals surface area contributed by atoms with E-state index in [-0.39, 0.29) is 0 Å². The minimum absolute atomic E-state index is 0.413. The zero-order chi connectivity index (χ0) is 12.7. The zero-order valence-electron chi connectivity index (χ0n) is 10.4. The number of hydrogen-bond acceptors (Lipinski definition) is 4. The molecule has 0 spiro atoms. The van der Waals surface area contributed by atoms with Gasteiger partial charge in [-0.1, -0.05) is 13.3 Å². The van der Waals surface area contributed by atoms with Crippen LogP contribution in [0.5, 0.6) is 0 Å². The molecule has 1 rings (SSSR count). The van der Waals surface area contributed by atoms with Crippen molar-refractivity contribution in [1.82, 2.24) is 5.32 Å². The molecule has 0 saturated heterocycles. The largest absolute Gasteiger partial charge is 0.480 e. The van der Waals surface area contributed by atoms with Gasteiger partial charge in [0.05, 0.1) is 6.04 Å². The number of carboxylic acids is 1. The number of unbranched alkanes of at least 4 members (excludes halogenated alkanes) is 1. The van der Waals surface area contributed by atoms with Crippen molar-refractivity contribution in [2.24, 2.45) is 16.6 Å². The Balaban J connectivity index is 1.94. The maximum atomic E-state index is 10.5. The van der Waals surface area contributed by atoms with Crippen molar-refractivity contribution in [1.29, 1.82) is 0 Å². The fourth-order valence-corrected chi connectivity index (χ4v) is 1.91. The van der Waals surface area contributed by atoms with Crippen LogP contribution in [0.25, 0.3) is 0 Å². The van der Waals surface area contributed by atoms with E-state index in [1.54, 1.807) is 0 Å². The average Bonchev–Trinajstić information content (AvgIpc) is 2.68. The van der Waals surface area contributed by atoms with Gasteiger partial charge in [-0.15, -0.1) is 0 Å². The van der Waals surface area contributed by atoms with Crippen molar-refractivity contribution < 1.29 is 9.90 Å². The van der Waals surface area contributed by atoms with Crippen LogP contribution in [-0.2, 0) is 4.79 Å². The van der Waals surface area contributed by atoms with Gasteiger partial charge in [-0.25, -0.2) is 0 Å². The summed E-state index contributed by atoms with van der Waals surface area (Å²) in [5.41, 5.74) is 5.41. The highest BCUT2D eigenvalue weighted by Gasteiger charge is 2.18. The molecule has 5 heteroatoms. The molecule has 0 saturated carbocycles. The maximum absolute atomic E-state index is 10.5. The van der Waals surface area contributed by atoms with Crippen LogP contribution in [0.1, 0.15) is 32.6 Å². The molecular weight excluding hydrogens is 218 g/mol. The third-order valence-corrected chi connectivity index (χ3v) is 3.22. The van der Waals surface area contributed by atoms with Crippen molar-refractivity contribution in [3.05, 3.63) is 0 Å². The van der Waals surface area contributed by atoms with Crippen LogP contribution >= 0.6 is 0 Å². The molecule has 3 atom stereocenters. The predicted molar refractivity (Wildman–Crippen MR) is 68.4 cm³/mol. The molecule has 1 heterocycles. The lowest BCUT2D eigenvalue weighted by molar-refractivity contribution is -0.138. The lowest BCUT2D eigenvalue weighted by Crippen LogP contribution is -2.31. The van der Waals surface area contributed by atoms with E-state index in [4.69, 9.17) is 10.8 Å². The van der Waals surface area contributed by atoms with E-state index in [1.165, 1.54) is 0 Å². The summed E-state index contributed by atoms with van der Waals surface area (Å²) in [5, 5.41) is 12.0. The molecule has 0 aliphatic carbocycles. The Morgan fingerprint density at radius 1 is 1.65 bits per heavy atom. The van der Waals surface area contributed by atoms with E-state index >= 15 is 0 Å². The van der Waals surface area contributed by atoms with Crippen LogP contribution in [0.4, 0.5) is 0 Å². The van der Waals surface area contributed by atoms with Gasteiger partial charge < -0.3 is 16.2 Å². The Hall–Kier alpha value is -0.940. The number of nitrogens with one attached hydrogen (secondary N) is 1. The van der Waals surface area contributed by atoms with Crippen LogP contribution in [0.3, 0.4) is 0 Å². The first kappa shape index (κ1) is 14.1. The lowest BCUT2D eigenvalue weighted by Gasteiger charge is -2.14. The molecule has 17 heavy (non-hydrogen) atoms. The van der Waals surface area contributed by atoms with Gasteiger partial charge in [0, 0.05) is 6.54 Å². The van der Waals surface area contributed by atoms with Gasteiger partial charge >= 0.3 is 5.97 Å². The minimum atomic E-state index is -0.910. The summed E-state index contributed by atoms with van der Waals surface area (Å²) in [6.45, 7) is 4.04. The van der Waals surface area contributed by atoms with Crippen LogP contribution < -0.4 is 11.1 Å². The summed E-state index contributed by atoms with van der Waals surface area (Å²) in [7, 11) is 0. The van der Waals surface area contributed by atoms with Crippen molar-refractivity contribution in [3.63, 3.8) is 0 Å². The molecule has 1 aliphatic rings. The Morgan fingerprint density at radius 2 is 2.41 bits per heavy atom. The second kappa shape index (κ2) is 7.40. The van der Waals surface area contributed by atoms with Crippen molar-refractivity contribution in [3.8, 4) is 0 Å². The first-order valence-corrected chi connectivity index (χ1v) is 6.32. The molecule has 4 N–H and O–H groups in total. The average molecular weight is 241 g/mol. The summed E-state index contributed by atoms with van der Waals surface area (Å²) >= 11 is 0. The lowest BCUT2D eigenvalue weighted by atomic mass is 10.0. The third kappa shape index (κ3) is 5.28. The molecule has 0 aromatic rings. The van der Waals surface area contributed by atoms with Crippen molar-refractivity contribution >= 4 is 12.2 Å². The van der Waals surface area contributed by atoms with Crippen molar-refractivity contribution in [2.75, 3.05) is 13.1 Å². The number of aliphatic imine (C=N–C) groups is 1. The van der Waals surface area contributed by atoms with Crippen LogP contribution in [0, 0.1) is 5.92 Å². The van der Waals surface area contributed by atoms with E-state index in [0.29, 0.717) is 18.4 Å². The molecule has 0 amide bonds. The van der Waals surface area contributed by atoms with Crippen LogP contribution in [0.2, 0.25) is 0 Å². The maximum Gasteiger partial charge on any atom is 0.320 e. The highest BCUT2D eigenvalue weighted by molar-refractivity contribution is 5.72. The molecule has 1 aliphatic heterocycles. The summed E-state index contributed by atoms with van der Waals surface area (Å²) in [6, 6.07) is -0.300. The van der Waals surface area contributed by atoms with Crippen LogP contribution in [0.15, 0.2) is 4.99 Å². The summed E-state index contributed by atoms with van der Waals surface area (Å²) < 4.78 is 0. The molecule has 0 fully saturated rings. The topological polar surface area (TPSA) is 87.7 Å². The number of carbonyl (C=O) groups is 1. The van der Waals surface area contributed by atoms with Gasteiger partial charge in [0.15, 0.2) is 0 Å². The number of carboxylic acid groups (broad SMARTS) is 1. The van der Waals surface area contributed by atoms with E-state index in [9.17, 15) is 4.79 Å². The predicted octanol–water partition coefficient (Wildman–Crippen LogP) is 0.637. The number of nitrogens with two attached hydrogens (primary N) is 1. The van der Waals surface area contributed by atoms with Gasteiger partial charge in [-0.3, -0.25) is 9.79 Å². The molecule has 0 aromatic heterocycles. The van der Waals surface area contributed by atoms with E-state index in [0.717, 1.165) is 32.4 Å². The Kier molecular flexibility index (Phi) is 6.15. The molecule has 98 valence electrons. The Morgan fingerprint density at radius 3 is 3.00 bits per heavy atom. The third-order valence-electron chi connectivity index (χ3n) is 3.22. The number of hydrogen-bond donors (Lipinski definition) is 3. The minimum Gasteiger partial charge on any atom is -0.480 e. The standard InChI is InChI=1S/C12H23N3O2/c1-9-5-7-15-11(9)8-14-6-3-2-4-10(13)12(16)17/h7,9-11,14H,2-6,8,13H2,1H3,(H,16,17)/t9-,10+,11+/m1/s1. The zero-order valence-corrected chi connectivity index (χ0v) is 10.4. The van der Waals surface area contributed by atoms with E-state index in [1.807, 2.05) is 6.21 Å². The first-order chi connectivity index (χ1) is 8.11. The second-order valence-corrected chi connectivity index (χ2v) is 4.76. The summed E-state index contributed by atoms with van der Waals surface area (Å²) in [4.78, 5) is 14.9. The smallest absolute Gasteiger partial charge is 0.320 e. The van der Waals surface area contributed by atoms with Crippen LogP contribution in [-0.4, -0.2) is 42.5 Å². The number of aliphatic carboxylic acids is 1. The number of nitrogens with zero attached hydrogens (tertiary/aromatic N) is 1. The van der Waals surface area contributed by atoms with Gasteiger partial charge in [-0.2, -0.15) is 0 Å². The SMILES string of the molecule is C[C@@H]1CC=N[C@H]1CNCCCC[C@H](N)C(=O)O. The Labute approximate surface area is 102 Å². The van der Waals surface area contributed by atoms with Crippen molar-refractivity contribution in [2.45, 2.75) is 44.7 Å². The first-order valence-electron chi connectivity index (χ1n) is 6.32. The van der Waals surface area contributed by atoms with Gasteiger partial charge in [0.1, 0.15) is 6.04 Å². The fraction of sp³-hybridized carbons (Fsp3) is 0.833. The Bertz CT molecular complexity index is 268. The molecule has 5 nitrogen and oxygen atoms in total. The number of rotatable bonds is 8. The summed E-state index contributed by atoms with van der Waals surface area (Å²) in [6.07, 6.45) is 5.45. The van der Waals surface area contributed by atoms with Gasteiger partial charge in [-0.05, 0) is 37.9 Å². The summed E-state index contributed by atoms with van der Waals surface area (Å²) in [5.74, 6) is -0.269. The fourth-order valence-electron chi connectivity index (χ4n) is 1.91. The van der Waals surface area contributed by atoms with Gasteiger partial charge in [0.2, 0.25) is 0 Å². The molecule has 0 bridgehead atoms. The highest BCUT2D eigenvalue weighted by Crippen LogP contribution is 2.15. The monoisotopic (exact) mass is 241 g/mol. The second-order valence-electron chi connectivity index (χ2n) is 4.76. The molecule has 0 unspecified atom stereocenters. The van der Waals surface area contributed by atoms with E-state index < -0.39 is 12.0 Å². The normalized spacial score (nSPS) is 25.1. The molecule has 0 radical (unpaired) electrons. The highest BCUT2D eigenvalue weighted by atomic mass is 16.4. The quantitative estimate of drug-likeness (QED) is 0.544.